The van der Waals surface area contributed by atoms with Crippen LogP contribution in [0.1, 0.15) is 19.4 Å². The summed E-state index contributed by atoms with van der Waals surface area (Å²) < 4.78 is 15.5. The van der Waals surface area contributed by atoms with Crippen molar-refractivity contribution >= 4 is 17.0 Å². The SMILES string of the molecule is Cc1cc2c(cc1F)nc(N)n2CC(C)(C)N(C)C. The number of anilines is 1. The number of imidazole rings is 1. The standard InChI is InChI=1S/C14H21FN4/c1-9-6-12-11(7-10(9)15)17-13(16)19(12)8-14(2,3)18(4)5/h6-7H,8H2,1-5H3,(H2,16,17). The minimum Gasteiger partial charge on any atom is -0.369 e. The topological polar surface area (TPSA) is 47.1 Å². The van der Waals surface area contributed by atoms with Gasteiger partial charge in [-0.3, -0.25) is 0 Å². The fraction of sp³-hybridized carbons (Fsp3) is 0.500. The predicted molar refractivity (Wildman–Crippen MR) is 76.6 cm³/mol. The van der Waals surface area contributed by atoms with E-state index in [2.05, 4.69) is 23.7 Å². The number of likely N-dealkylation sites (N-methyl/N-ethyl adjacent to an activating group) is 1. The first kappa shape index (κ1) is 13.8. The fourth-order valence-electron chi connectivity index (χ4n) is 1.96. The van der Waals surface area contributed by atoms with Crippen LogP contribution in [-0.4, -0.2) is 34.1 Å². The zero-order valence-corrected chi connectivity index (χ0v) is 12.2. The highest BCUT2D eigenvalue weighted by Gasteiger charge is 2.23. The van der Waals surface area contributed by atoms with Gasteiger partial charge in [0.05, 0.1) is 11.0 Å². The molecule has 0 aliphatic carbocycles. The van der Waals surface area contributed by atoms with Crippen molar-refractivity contribution in [2.75, 3.05) is 19.8 Å². The van der Waals surface area contributed by atoms with Crippen LogP contribution in [0.2, 0.25) is 0 Å². The zero-order valence-electron chi connectivity index (χ0n) is 12.2. The van der Waals surface area contributed by atoms with Crippen molar-refractivity contribution in [1.29, 1.82) is 0 Å². The highest BCUT2D eigenvalue weighted by atomic mass is 19.1. The molecule has 104 valence electrons. The van der Waals surface area contributed by atoms with Crippen molar-refractivity contribution in [3.63, 3.8) is 0 Å². The van der Waals surface area contributed by atoms with Gasteiger partial charge in [-0.2, -0.15) is 0 Å². The summed E-state index contributed by atoms with van der Waals surface area (Å²) in [5.41, 5.74) is 8.00. The first-order chi connectivity index (χ1) is 8.72. The molecule has 19 heavy (non-hydrogen) atoms. The maximum absolute atomic E-state index is 13.6. The molecule has 0 bridgehead atoms. The van der Waals surface area contributed by atoms with E-state index >= 15 is 0 Å². The Kier molecular flexibility index (Phi) is 3.26. The van der Waals surface area contributed by atoms with E-state index < -0.39 is 0 Å². The number of nitrogens with zero attached hydrogens (tertiary/aromatic N) is 3. The van der Waals surface area contributed by atoms with Crippen molar-refractivity contribution < 1.29 is 4.39 Å². The van der Waals surface area contributed by atoms with E-state index in [1.807, 2.05) is 18.7 Å². The van der Waals surface area contributed by atoms with Crippen LogP contribution >= 0.6 is 0 Å². The molecule has 0 atom stereocenters. The fourth-order valence-corrected chi connectivity index (χ4v) is 1.96. The average molecular weight is 264 g/mol. The lowest BCUT2D eigenvalue weighted by molar-refractivity contribution is 0.172. The molecule has 5 heteroatoms. The van der Waals surface area contributed by atoms with E-state index in [0.29, 0.717) is 23.6 Å². The average Bonchev–Trinajstić information content (AvgIpc) is 2.56. The van der Waals surface area contributed by atoms with Crippen LogP contribution in [0.4, 0.5) is 10.3 Å². The minimum atomic E-state index is -0.246. The number of nitrogens with two attached hydrogens (primary N) is 1. The highest BCUT2D eigenvalue weighted by molar-refractivity contribution is 5.79. The quantitative estimate of drug-likeness (QED) is 0.926. The summed E-state index contributed by atoms with van der Waals surface area (Å²) in [5.74, 6) is 0.180. The van der Waals surface area contributed by atoms with E-state index in [1.165, 1.54) is 6.07 Å². The van der Waals surface area contributed by atoms with Crippen molar-refractivity contribution in [2.45, 2.75) is 32.9 Å². The molecule has 0 aliphatic rings. The van der Waals surface area contributed by atoms with Crippen LogP contribution in [-0.2, 0) is 6.54 Å². The summed E-state index contributed by atoms with van der Waals surface area (Å²) in [6.45, 7) is 6.72. The lowest BCUT2D eigenvalue weighted by atomic mass is 10.0. The van der Waals surface area contributed by atoms with Gasteiger partial charge in [0.1, 0.15) is 5.82 Å². The van der Waals surface area contributed by atoms with Crippen molar-refractivity contribution in [3.05, 3.63) is 23.5 Å². The maximum Gasteiger partial charge on any atom is 0.201 e. The Morgan fingerprint density at radius 3 is 2.58 bits per heavy atom. The number of hydrogen-bond acceptors (Lipinski definition) is 3. The smallest absolute Gasteiger partial charge is 0.201 e. The van der Waals surface area contributed by atoms with Gasteiger partial charge in [0.2, 0.25) is 5.95 Å². The summed E-state index contributed by atoms with van der Waals surface area (Å²) >= 11 is 0. The van der Waals surface area contributed by atoms with E-state index in [0.717, 1.165) is 5.52 Å². The summed E-state index contributed by atoms with van der Waals surface area (Å²) in [5, 5.41) is 0. The normalized spacial score (nSPS) is 12.6. The van der Waals surface area contributed by atoms with Crippen LogP contribution in [0.3, 0.4) is 0 Å². The largest absolute Gasteiger partial charge is 0.369 e. The van der Waals surface area contributed by atoms with Gasteiger partial charge in [-0.05, 0) is 46.5 Å². The number of benzene rings is 1. The molecular formula is C14H21FN4. The van der Waals surface area contributed by atoms with Gasteiger partial charge in [-0.25, -0.2) is 9.37 Å². The summed E-state index contributed by atoms with van der Waals surface area (Å²) in [7, 11) is 4.06. The zero-order chi connectivity index (χ0) is 14.4. The first-order valence-corrected chi connectivity index (χ1v) is 6.31. The van der Waals surface area contributed by atoms with Gasteiger partial charge in [0, 0.05) is 18.2 Å². The van der Waals surface area contributed by atoms with Gasteiger partial charge in [0.15, 0.2) is 0 Å². The second-order valence-corrected chi connectivity index (χ2v) is 5.85. The molecule has 1 heterocycles. The summed E-state index contributed by atoms with van der Waals surface area (Å²) in [6, 6.07) is 3.25. The van der Waals surface area contributed by atoms with Crippen molar-refractivity contribution in [1.82, 2.24) is 14.5 Å². The number of hydrogen-bond donors (Lipinski definition) is 1. The molecular weight excluding hydrogens is 243 g/mol. The third-order valence-corrected chi connectivity index (χ3v) is 3.81. The van der Waals surface area contributed by atoms with Gasteiger partial charge in [-0.1, -0.05) is 0 Å². The minimum absolute atomic E-state index is 0.0654. The maximum atomic E-state index is 13.6. The number of rotatable bonds is 3. The molecule has 0 saturated carbocycles. The van der Waals surface area contributed by atoms with E-state index in [9.17, 15) is 4.39 Å². The predicted octanol–water partition coefficient (Wildman–Crippen LogP) is 2.41. The lowest BCUT2D eigenvalue weighted by Crippen LogP contribution is -2.42. The molecule has 0 saturated heterocycles. The van der Waals surface area contributed by atoms with Crippen LogP contribution in [0.15, 0.2) is 12.1 Å². The van der Waals surface area contributed by atoms with Crippen LogP contribution in [0, 0.1) is 12.7 Å². The van der Waals surface area contributed by atoms with Gasteiger partial charge in [-0.15, -0.1) is 0 Å². The molecule has 1 aromatic carbocycles. The molecule has 0 aliphatic heterocycles. The molecule has 0 amide bonds. The highest BCUT2D eigenvalue weighted by Crippen LogP contribution is 2.24. The number of aryl methyl sites for hydroxylation is 1. The molecule has 0 radical (unpaired) electrons. The molecule has 2 N–H and O–H groups in total. The summed E-state index contributed by atoms with van der Waals surface area (Å²) in [6.07, 6.45) is 0. The molecule has 2 rings (SSSR count). The lowest BCUT2D eigenvalue weighted by Gasteiger charge is -2.33. The van der Waals surface area contributed by atoms with Crippen molar-refractivity contribution in [2.24, 2.45) is 0 Å². The number of aromatic nitrogens is 2. The Balaban J connectivity index is 2.54. The number of fused-ring (bicyclic) bond motifs is 1. The van der Waals surface area contributed by atoms with E-state index in [4.69, 9.17) is 5.73 Å². The van der Waals surface area contributed by atoms with Crippen LogP contribution < -0.4 is 5.73 Å². The van der Waals surface area contributed by atoms with E-state index in [1.54, 1.807) is 13.0 Å². The van der Waals surface area contributed by atoms with Gasteiger partial charge >= 0.3 is 0 Å². The second-order valence-electron chi connectivity index (χ2n) is 5.85. The van der Waals surface area contributed by atoms with Gasteiger partial charge < -0.3 is 15.2 Å². The second kappa shape index (κ2) is 4.49. The van der Waals surface area contributed by atoms with Crippen LogP contribution in [0.5, 0.6) is 0 Å². The molecule has 1 aromatic heterocycles. The molecule has 0 spiro atoms. The monoisotopic (exact) mass is 264 g/mol. The third-order valence-electron chi connectivity index (χ3n) is 3.81. The number of nitrogen functional groups attached to an aromatic ring is 1. The molecule has 2 aromatic rings. The molecule has 4 nitrogen and oxygen atoms in total. The Bertz CT molecular complexity index is 613. The third kappa shape index (κ3) is 2.42. The summed E-state index contributed by atoms with van der Waals surface area (Å²) in [4.78, 5) is 6.37. The Labute approximate surface area is 113 Å². The van der Waals surface area contributed by atoms with Gasteiger partial charge in [0.25, 0.3) is 0 Å². The molecule has 0 unspecified atom stereocenters. The Morgan fingerprint density at radius 2 is 2.00 bits per heavy atom. The number of halogens is 1. The molecule has 0 fully saturated rings. The first-order valence-electron chi connectivity index (χ1n) is 6.31. The Hall–Kier alpha value is -1.62. The van der Waals surface area contributed by atoms with Crippen molar-refractivity contribution in [3.8, 4) is 0 Å². The van der Waals surface area contributed by atoms with E-state index in [-0.39, 0.29) is 11.4 Å². The van der Waals surface area contributed by atoms with Crippen LogP contribution in [0.25, 0.3) is 11.0 Å². The Morgan fingerprint density at radius 1 is 1.37 bits per heavy atom.